The average Bonchev–Trinajstić information content (AvgIpc) is 3.33. The zero-order valence-corrected chi connectivity index (χ0v) is 18.0. The first-order valence-corrected chi connectivity index (χ1v) is 11.5. The topological polar surface area (TPSA) is 64.2 Å². The van der Waals surface area contributed by atoms with Gasteiger partial charge in [0.2, 0.25) is 0 Å². The Bertz CT molecular complexity index is 790. The van der Waals surface area contributed by atoms with Crippen molar-refractivity contribution < 1.29 is 13.2 Å². The molecule has 156 valence electrons. The summed E-state index contributed by atoms with van der Waals surface area (Å²) in [6.07, 6.45) is 3.04. The number of carbonyl (C=O) groups excluding carboxylic acids is 1. The van der Waals surface area contributed by atoms with Crippen LogP contribution in [0.3, 0.4) is 0 Å². The quantitative estimate of drug-likeness (QED) is 0.684. The van der Waals surface area contributed by atoms with Crippen LogP contribution in [0.25, 0.3) is 0 Å². The van der Waals surface area contributed by atoms with Gasteiger partial charge in [-0.3, -0.25) is 4.79 Å². The first kappa shape index (κ1) is 21.2. The van der Waals surface area contributed by atoms with Crippen LogP contribution in [0.15, 0.2) is 24.3 Å². The molecule has 1 aromatic rings. The average molecular weight is 409 g/mol. The molecule has 1 unspecified atom stereocenters. The van der Waals surface area contributed by atoms with Crippen molar-refractivity contribution in [3.63, 3.8) is 0 Å². The summed E-state index contributed by atoms with van der Waals surface area (Å²) >= 11 is 0. The van der Waals surface area contributed by atoms with Crippen molar-refractivity contribution in [1.82, 2.24) is 18.4 Å². The van der Waals surface area contributed by atoms with Gasteiger partial charge in [-0.05, 0) is 51.4 Å². The molecule has 0 aliphatic carbocycles. The molecule has 7 nitrogen and oxygen atoms in total. The number of carbonyl (C=O) groups is 1. The molecule has 0 saturated carbocycles. The molecule has 2 aliphatic rings. The summed E-state index contributed by atoms with van der Waals surface area (Å²) in [6, 6.07) is 7.38. The van der Waals surface area contributed by atoms with Crippen molar-refractivity contribution in [3.8, 4) is 0 Å². The molecule has 2 aliphatic heterocycles. The first-order chi connectivity index (χ1) is 13.3. The Hall–Kier alpha value is -1.48. The summed E-state index contributed by atoms with van der Waals surface area (Å²) in [5.41, 5.74) is 1.71. The predicted octanol–water partition coefficient (Wildman–Crippen LogP) is 1.41. The molecule has 1 atom stereocenters. The smallest absolute Gasteiger partial charge is 0.281 e. The minimum atomic E-state index is -3.53. The van der Waals surface area contributed by atoms with Gasteiger partial charge < -0.3 is 9.80 Å². The molecule has 0 spiro atoms. The van der Waals surface area contributed by atoms with Crippen LogP contribution in [-0.2, 0) is 10.2 Å². The summed E-state index contributed by atoms with van der Waals surface area (Å²) in [6.45, 7) is 6.29. The number of benzene rings is 1. The molecular formula is C20H32N4O3S. The van der Waals surface area contributed by atoms with Crippen LogP contribution < -0.4 is 0 Å². The van der Waals surface area contributed by atoms with Gasteiger partial charge in [-0.1, -0.05) is 17.7 Å². The van der Waals surface area contributed by atoms with Gasteiger partial charge in [0.15, 0.2) is 0 Å². The largest absolute Gasteiger partial charge is 0.337 e. The van der Waals surface area contributed by atoms with Crippen molar-refractivity contribution in [1.29, 1.82) is 0 Å². The zero-order chi connectivity index (χ0) is 20.3. The van der Waals surface area contributed by atoms with Crippen molar-refractivity contribution in [2.24, 2.45) is 0 Å². The molecule has 3 rings (SSSR count). The Morgan fingerprint density at radius 1 is 1.18 bits per heavy atom. The fourth-order valence-corrected chi connectivity index (χ4v) is 5.35. The van der Waals surface area contributed by atoms with E-state index >= 15 is 0 Å². The first-order valence-electron chi connectivity index (χ1n) is 10.1. The van der Waals surface area contributed by atoms with Crippen molar-refractivity contribution in [2.45, 2.75) is 32.2 Å². The van der Waals surface area contributed by atoms with Crippen LogP contribution in [-0.4, -0.2) is 92.1 Å². The van der Waals surface area contributed by atoms with Gasteiger partial charge >= 0.3 is 0 Å². The standard InChI is InChI=1S/C20H32N4O3S/c1-17-7-6-8-18(15-17)20(25)23-12-9-19(16-23)24(28(26,27)21(2)3)14-13-22-10-4-5-11-22/h6-8,15,19H,4-5,9-14,16H2,1-3H3. The van der Waals surface area contributed by atoms with E-state index in [1.807, 2.05) is 31.2 Å². The van der Waals surface area contributed by atoms with Gasteiger partial charge in [0.05, 0.1) is 0 Å². The van der Waals surface area contributed by atoms with Crippen LogP contribution in [0.4, 0.5) is 0 Å². The molecule has 0 N–H and O–H groups in total. The van der Waals surface area contributed by atoms with E-state index in [0.717, 1.165) is 25.2 Å². The summed E-state index contributed by atoms with van der Waals surface area (Å²) in [5.74, 6) is -0.0204. The summed E-state index contributed by atoms with van der Waals surface area (Å²) in [4.78, 5) is 17.0. The Morgan fingerprint density at radius 2 is 1.89 bits per heavy atom. The second kappa shape index (κ2) is 8.90. The number of aryl methyl sites for hydroxylation is 1. The van der Waals surface area contributed by atoms with E-state index in [1.165, 1.54) is 17.1 Å². The summed E-state index contributed by atoms with van der Waals surface area (Å²) in [5, 5.41) is 0. The maximum atomic E-state index is 12.9. The molecule has 2 heterocycles. The second-order valence-electron chi connectivity index (χ2n) is 8.01. The Morgan fingerprint density at radius 3 is 2.54 bits per heavy atom. The lowest BCUT2D eigenvalue weighted by molar-refractivity contribution is 0.0783. The van der Waals surface area contributed by atoms with E-state index in [0.29, 0.717) is 31.6 Å². The van der Waals surface area contributed by atoms with Crippen LogP contribution in [0.5, 0.6) is 0 Å². The number of likely N-dealkylation sites (tertiary alicyclic amines) is 2. The highest BCUT2D eigenvalue weighted by Gasteiger charge is 2.37. The minimum Gasteiger partial charge on any atom is -0.337 e. The van der Waals surface area contributed by atoms with E-state index in [9.17, 15) is 13.2 Å². The third-order valence-electron chi connectivity index (χ3n) is 5.72. The highest BCUT2D eigenvalue weighted by molar-refractivity contribution is 7.86. The second-order valence-corrected chi connectivity index (χ2v) is 10.1. The van der Waals surface area contributed by atoms with Crippen LogP contribution in [0.1, 0.15) is 35.2 Å². The molecule has 0 bridgehead atoms. The minimum absolute atomic E-state index is 0.0204. The van der Waals surface area contributed by atoms with E-state index in [4.69, 9.17) is 0 Å². The number of rotatable bonds is 7. The highest BCUT2D eigenvalue weighted by Crippen LogP contribution is 2.22. The van der Waals surface area contributed by atoms with Crippen LogP contribution in [0.2, 0.25) is 0 Å². The van der Waals surface area contributed by atoms with Gasteiger partial charge in [-0.25, -0.2) is 0 Å². The highest BCUT2D eigenvalue weighted by atomic mass is 32.2. The molecule has 1 amide bonds. The Kier molecular flexibility index (Phi) is 6.75. The summed E-state index contributed by atoms with van der Waals surface area (Å²) < 4.78 is 28.8. The number of nitrogens with zero attached hydrogens (tertiary/aromatic N) is 4. The normalized spacial score (nSPS) is 21.2. The molecule has 2 fully saturated rings. The SMILES string of the molecule is Cc1cccc(C(=O)N2CCC(N(CCN3CCCC3)S(=O)(=O)N(C)C)C2)c1. The van der Waals surface area contributed by atoms with Gasteiger partial charge in [-0.2, -0.15) is 17.0 Å². The van der Waals surface area contributed by atoms with Gasteiger partial charge in [0, 0.05) is 51.9 Å². The van der Waals surface area contributed by atoms with Crippen molar-refractivity contribution >= 4 is 16.1 Å². The van der Waals surface area contributed by atoms with Gasteiger partial charge in [-0.15, -0.1) is 0 Å². The lowest BCUT2D eigenvalue weighted by Gasteiger charge is -2.32. The number of amides is 1. The maximum absolute atomic E-state index is 12.9. The van der Waals surface area contributed by atoms with Crippen LogP contribution in [0, 0.1) is 6.92 Å². The molecule has 2 saturated heterocycles. The fraction of sp³-hybridized carbons (Fsp3) is 0.650. The van der Waals surface area contributed by atoms with E-state index < -0.39 is 10.2 Å². The van der Waals surface area contributed by atoms with Crippen molar-refractivity contribution in [3.05, 3.63) is 35.4 Å². The lowest BCUT2D eigenvalue weighted by atomic mass is 10.1. The van der Waals surface area contributed by atoms with E-state index in [-0.39, 0.29) is 11.9 Å². The summed E-state index contributed by atoms with van der Waals surface area (Å²) in [7, 11) is -0.388. The third-order valence-corrected chi connectivity index (χ3v) is 7.71. The van der Waals surface area contributed by atoms with Gasteiger partial charge in [0.1, 0.15) is 0 Å². The molecule has 8 heteroatoms. The maximum Gasteiger partial charge on any atom is 0.281 e. The van der Waals surface area contributed by atoms with E-state index in [1.54, 1.807) is 23.3 Å². The predicted molar refractivity (Wildman–Crippen MR) is 110 cm³/mol. The van der Waals surface area contributed by atoms with E-state index in [2.05, 4.69) is 4.90 Å². The zero-order valence-electron chi connectivity index (χ0n) is 17.2. The molecule has 28 heavy (non-hydrogen) atoms. The Balaban J connectivity index is 1.71. The Labute approximate surface area is 169 Å². The fourth-order valence-electron chi connectivity index (χ4n) is 4.06. The molecule has 1 aromatic carbocycles. The molecule has 0 aromatic heterocycles. The van der Waals surface area contributed by atoms with Gasteiger partial charge in [0.25, 0.3) is 16.1 Å². The lowest BCUT2D eigenvalue weighted by Crippen LogP contribution is -2.50. The molecular weight excluding hydrogens is 376 g/mol. The monoisotopic (exact) mass is 408 g/mol. The number of hydrogen-bond donors (Lipinski definition) is 0. The van der Waals surface area contributed by atoms with Crippen molar-refractivity contribution in [2.75, 3.05) is 53.4 Å². The number of hydrogen-bond acceptors (Lipinski definition) is 4. The molecule has 0 radical (unpaired) electrons. The van der Waals surface area contributed by atoms with Crippen LogP contribution >= 0.6 is 0 Å². The third kappa shape index (κ3) is 4.74.